The molecular formula is C20H27N5O4. The second-order valence-corrected chi connectivity index (χ2v) is 7.01. The lowest BCUT2D eigenvalue weighted by Gasteiger charge is -2.34. The van der Waals surface area contributed by atoms with E-state index >= 15 is 0 Å². The zero-order chi connectivity index (χ0) is 20.6. The summed E-state index contributed by atoms with van der Waals surface area (Å²) in [7, 11) is 0. The van der Waals surface area contributed by atoms with Crippen molar-refractivity contribution >= 4 is 22.9 Å². The molecule has 0 radical (unpaired) electrons. The van der Waals surface area contributed by atoms with Gasteiger partial charge >= 0.3 is 6.09 Å². The maximum Gasteiger partial charge on any atom is 0.409 e. The predicted octanol–water partition coefficient (Wildman–Crippen LogP) is 1.65. The van der Waals surface area contributed by atoms with Gasteiger partial charge in [-0.05, 0) is 31.9 Å². The molecule has 1 aromatic carbocycles. The third kappa shape index (κ3) is 5.30. The number of piperazine rings is 1. The van der Waals surface area contributed by atoms with Gasteiger partial charge in [-0.3, -0.25) is 9.59 Å². The Morgan fingerprint density at radius 1 is 1.03 bits per heavy atom. The fourth-order valence-corrected chi connectivity index (χ4v) is 3.40. The maximum absolute atomic E-state index is 12.4. The first kappa shape index (κ1) is 20.8. The molecule has 156 valence electrons. The molecule has 0 spiro atoms. The minimum atomic E-state index is -0.313. The molecule has 1 saturated heterocycles. The van der Waals surface area contributed by atoms with Gasteiger partial charge in [0.1, 0.15) is 5.52 Å². The highest BCUT2D eigenvalue weighted by Gasteiger charge is 2.24. The van der Waals surface area contributed by atoms with Crippen LogP contribution in [0.1, 0.15) is 32.6 Å². The Kier molecular flexibility index (Phi) is 7.15. The first-order valence-electron chi connectivity index (χ1n) is 10.1. The highest BCUT2D eigenvalue weighted by Crippen LogP contribution is 2.09. The molecule has 0 saturated carbocycles. The summed E-state index contributed by atoms with van der Waals surface area (Å²) in [4.78, 5) is 39.9. The number of carbonyl (C=O) groups excluding carboxylic acids is 2. The number of hydrogen-bond donors (Lipinski definition) is 0. The molecule has 9 heteroatoms. The molecule has 1 aliphatic heterocycles. The molecule has 0 unspecified atom stereocenters. The van der Waals surface area contributed by atoms with Crippen LogP contribution in [0, 0.1) is 0 Å². The van der Waals surface area contributed by atoms with E-state index in [2.05, 4.69) is 10.3 Å². The van der Waals surface area contributed by atoms with E-state index in [1.807, 2.05) is 12.1 Å². The quantitative estimate of drug-likeness (QED) is 0.655. The van der Waals surface area contributed by atoms with Crippen molar-refractivity contribution in [3.8, 4) is 0 Å². The molecule has 2 amide bonds. The van der Waals surface area contributed by atoms with Gasteiger partial charge in [-0.25, -0.2) is 9.48 Å². The molecule has 0 bridgehead atoms. The number of nitrogens with zero attached hydrogens (tertiary/aromatic N) is 5. The molecule has 1 aliphatic rings. The molecule has 0 aliphatic carbocycles. The SMILES string of the molecule is CCOC(=O)N1CCN(C(=O)CCCCCn2nnc3ccccc3c2=O)CC1. The Bertz CT molecular complexity index is 905. The third-order valence-electron chi connectivity index (χ3n) is 5.05. The fourth-order valence-electron chi connectivity index (χ4n) is 3.40. The van der Waals surface area contributed by atoms with E-state index in [0.717, 1.165) is 19.3 Å². The van der Waals surface area contributed by atoms with Crippen LogP contribution in [0.25, 0.3) is 10.9 Å². The molecule has 1 aromatic heterocycles. The van der Waals surface area contributed by atoms with Crippen molar-refractivity contribution in [2.24, 2.45) is 0 Å². The summed E-state index contributed by atoms with van der Waals surface area (Å²) in [6.45, 7) is 4.72. The van der Waals surface area contributed by atoms with Crippen LogP contribution in [-0.4, -0.2) is 69.6 Å². The lowest BCUT2D eigenvalue weighted by atomic mass is 10.1. The van der Waals surface area contributed by atoms with Crippen molar-refractivity contribution in [3.63, 3.8) is 0 Å². The Morgan fingerprint density at radius 3 is 2.52 bits per heavy atom. The zero-order valence-electron chi connectivity index (χ0n) is 16.7. The van der Waals surface area contributed by atoms with Crippen molar-refractivity contribution in [1.82, 2.24) is 24.8 Å². The maximum atomic E-state index is 12.4. The highest BCUT2D eigenvalue weighted by atomic mass is 16.6. The first-order valence-corrected chi connectivity index (χ1v) is 10.1. The van der Waals surface area contributed by atoms with E-state index in [-0.39, 0.29) is 17.6 Å². The van der Waals surface area contributed by atoms with Gasteiger partial charge < -0.3 is 14.5 Å². The molecule has 1 fully saturated rings. The van der Waals surface area contributed by atoms with Gasteiger partial charge in [0.2, 0.25) is 5.91 Å². The lowest BCUT2D eigenvalue weighted by molar-refractivity contribution is -0.132. The Balaban J connectivity index is 1.37. The van der Waals surface area contributed by atoms with Gasteiger partial charge in [-0.1, -0.05) is 23.8 Å². The Morgan fingerprint density at radius 2 is 1.76 bits per heavy atom. The standard InChI is InChI=1S/C20H27N5O4/c1-2-29-20(28)24-14-12-23(13-15-24)18(26)10-4-3-7-11-25-19(27)16-8-5-6-9-17(16)21-22-25/h5-6,8-9H,2-4,7,10-15H2,1H3. The topological polar surface area (TPSA) is 97.6 Å². The molecule has 29 heavy (non-hydrogen) atoms. The smallest absolute Gasteiger partial charge is 0.409 e. The van der Waals surface area contributed by atoms with E-state index in [0.29, 0.717) is 56.7 Å². The molecule has 0 atom stereocenters. The van der Waals surface area contributed by atoms with Crippen molar-refractivity contribution in [2.45, 2.75) is 39.2 Å². The van der Waals surface area contributed by atoms with E-state index in [1.54, 1.807) is 28.9 Å². The monoisotopic (exact) mass is 401 g/mol. The molecule has 0 N–H and O–H groups in total. The Labute approximate surface area is 169 Å². The summed E-state index contributed by atoms with van der Waals surface area (Å²) in [5.74, 6) is 0.108. The number of amides is 2. The lowest BCUT2D eigenvalue weighted by Crippen LogP contribution is -2.50. The average molecular weight is 401 g/mol. The minimum Gasteiger partial charge on any atom is -0.450 e. The van der Waals surface area contributed by atoms with Crippen LogP contribution in [0.4, 0.5) is 4.79 Å². The number of rotatable bonds is 7. The number of aryl methyl sites for hydroxylation is 1. The van der Waals surface area contributed by atoms with E-state index in [1.165, 1.54) is 4.68 Å². The summed E-state index contributed by atoms with van der Waals surface area (Å²) in [6, 6.07) is 7.16. The largest absolute Gasteiger partial charge is 0.450 e. The zero-order valence-corrected chi connectivity index (χ0v) is 16.7. The van der Waals surface area contributed by atoms with E-state index in [4.69, 9.17) is 4.74 Å². The van der Waals surface area contributed by atoms with Crippen LogP contribution in [0.2, 0.25) is 0 Å². The predicted molar refractivity (Wildman–Crippen MR) is 107 cm³/mol. The normalized spacial score (nSPS) is 14.2. The van der Waals surface area contributed by atoms with Crippen molar-refractivity contribution in [1.29, 1.82) is 0 Å². The summed E-state index contributed by atoms with van der Waals surface area (Å²) in [6.07, 6.45) is 2.50. The number of hydrogen-bond acceptors (Lipinski definition) is 6. The van der Waals surface area contributed by atoms with Gasteiger partial charge in [0.05, 0.1) is 12.0 Å². The van der Waals surface area contributed by atoms with Gasteiger partial charge in [0.25, 0.3) is 5.56 Å². The number of fused-ring (bicyclic) bond motifs is 1. The van der Waals surface area contributed by atoms with Crippen LogP contribution < -0.4 is 5.56 Å². The van der Waals surface area contributed by atoms with Crippen molar-refractivity contribution in [3.05, 3.63) is 34.6 Å². The summed E-state index contributed by atoms with van der Waals surface area (Å²) >= 11 is 0. The molecule has 2 heterocycles. The number of carbonyl (C=O) groups is 2. The molecule has 2 aromatic rings. The number of aromatic nitrogens is 3. The first-order chi connectivity index (χ1) is 14.1. The second-order valence-electron chi connectivity index (χ2n) is 7.01. The second kappa shape index (κ2) is 9.99. The van der Waals surface area contributed by atoms with Crippen LogP contribution in [0.5, 0.6) is 0 Å². The van der Waals surface area contributed by atoms with E-state index in [9.17, 15) is 14.4 Å². The average Bonchev–Trinajstić information content (AvgIpc) is 2.75. The van der Waals surface area contributed by atoms with Crippen molar-refractivity contribution < 1.29 is 14.3 Å². The third-order valence-corrected chi connectivity index (χ3v) is 5.05. The summed E-state index contributed by atoms with van der Waals surface area (Å²) < 4.78 is 6.37. The van der Waals surface area contributed by atoms with Crippen molar-refractivity contribution in [2.75, 3.05) is 32.8 Å². The fraction of sp³-hybridized carbons (Fsp3) is 0.550. The number of benzene rings is 1. The van der Waals surface area contributed by atoms with Crippen LogP contribution >= 0.6 is 0 Å². The van der Waals surface area contributed by atoms with Gasteiger partial charge in [-0.2, -0.15) is 0 Å². The van der Waals surface area contributed by atoms with Crippen LogP contribution in [0.15, 0.2) is 29.1 Å². The number of unbranched alkanes of at least 4 members (excludes halogenated alkanes) is 2. The molecular weight excluding hydrogens is 374 g/mol. The van der Waals surface area contributed by atoms with Crippen LogP contribution in [0.3, 0.4) is 0 Å². The van der Waals surface area contributed by atoms with E-state index < -0.39 is 0 Å². The molecule has 3 rings (SSSR count). The Hall–Kier alpha value is -2.97. The molecule has 9 nitrogen and oxygen atoms in total. The summed E-state index contributed by atoms with van der Waals surface area (Å²) in [5.41, 5.74) is 0.466. The van der Waals surface area contributed by atoms with Gasteiger partial charge in [0, 0.05) is 39.1 Å². The summed E-state index contributed by atoms with van der Waals surface area (Å²) in [5, 5.41) is 8.63. The number of ether oxygens (including phenoxy) is 1. The van der Waals surface area contributed by atoms with Gasteiger partial charge in [-0.15, -0.1) is 5.10 Å². The van der Waals surface area contributed by atoms with Crippen LogP contribution in [-0.2, 0) is 16.1 Å². The van der Waals surface area contributed by atoms with Gasteiger partial charge in [0.15, 0.2) is 0 Å². The highest BCUT2D eigenvalue weighted by molar-refractivity contribution is 5.77. The minimum absolute atomic E-state index is 0.108.